The molecule has 0 unspecified atom stereocenters. The number of hydrogen-bond acceptors (Lipinski definition) is 4. The molecule has 0 atom stereocenters. The van der Waals surface area contributed by atoms with Crippen LogP contribution in [0.25, 0.3) is 0 Å². The third-order valence-corrected chi connectivity index (χ3v) is 6.39. The van der Waals surface area contributed by atoms with E-state index in [1.807, 2.05) is 32.9 Å². The van der Waals surface area contributed by atoms with E-state index < -0.39 is 15.9 Å². The van der Waals surface area contributed by atoms with Gasteiger partial charge in [-0.3, -0.25) is 14.1 Å². The maximum atomic E-state index is 13.4. The first-order valence-corrected chi connectivity index (χ1v) is 11.0. The normalized spacial score (nSPS) is 11.2. The first-order valence-electron chi connectivity index (χ1n) is 9.59. The number of hydrogen-bond donors (Lipinski definition) is 1. The first-order chi connectivity index (χ1) is 14.3. The maximum absolute atomic E-state index is 13.4. The van der Waals surface area contributed by atoms with Gasteiger partial charge in [0.1, 0.15) is 6.54 Å². The highest BCUT2D eigenvalue weighted by molar-refractivity contribution is 7.92. The Balaban J connectivity index is 1.91. The molecule has 0 fully saturated rings. The molecule has 0 aliphatic heterocycles. The predicted octanol–water partition coefficient (Wildman–Crippen LogP) is 3.52. The Hall–Kier alpha value is -3.19. The predicted molar refractivity (Wildman–Crippen MR) is 118 cm³/mol. The molecule has 0 bridgehead atoms. The number of anilines is 1. The number of aryl methyl sites for hydroxylation is 3. The number of pyridine rings is 1. The van der Waals surface area contributed by atoms with Crippen LogP contribution in [0.1, 0.15) is 22.3 Å². The lowest BCUT2D eigenvalue weighted by Gasteiger charge is -2.25. The Morgan fingerprint density at radius 2 is 1.63 bits per heavy atom. The van der Waals surface area contributed by atoms with Crippen LogP contribution in [0, 0.1) is 20.8 Å². The number of carbonyl (C=O) groups is 1. The molecular formula is C23H25N3O3S. The Morgan fingerprint density at radius 1 is 0.967 bits per heavy atom. The molecular weight excluding hydrogens is 398 g/mol. The summed E-state index contributed by atoms with van der Waals surface area (Å²) in [7, 11) is -3.92. The van der Waals surface area contributed by atoms with Crippen LogP contribution in [0.5, 0.6) is 0 Å². The minimum Gasteiger partial charge on any atom is -0.350 e. The van der Waals surface area contributed by atoms with Crippen LogP contribution < -0.4 is 9.62 Å². The fourth-order valence-corrected chi connectivity index (χ4v) is 4.54. The standard InChI is InChI=1S/C23H25N3O3S/c1-17-6-8-22(9-7-17)30(28,29)26(21-12-18(2)11-19(3)13-21)16-23(27)25-15-20-5-4-10-24-14-20/h4-14H,15-16H2,1-3H3,(H,25,27). The molecule has 0 aliphatic rings. The van der Waals surface area contributed by atoms with Gasteiger partial charge in [-0.05, 0) is 67.8 Å². The number of carbonyl (C=O) groups excluding carboxylic acids is 1. The van der Waals surface area contributed by atoms with Crippen molar-refractivity contribution >= 4 is 21.6 Å². The molecule has 6 nitrogen and oxygen atoms in total. The van der Waals surface area contributed by atoms with Gasteiger partial charge in [0.05, 0.1) is 10.6 Å². The molecule has 30 heavy (non-hydrogen) atoms. The van der Waals surface area contributed by atoms with E-state index in [-0.39, 0.29) is 18.0 Å². The van der Waals surface area contributed by atoms with Crippen molar-refractivity contribution in [1.82, 2.24) is 10.3 Å². The van der Waals surface area contributed by atoms with Gasteiger partial charge in [-0.25, -0.2) is 8.42 Å². The molecule has 1 heterocycles. The van der Waals surface area contributed by atoms with Crippen molar-refractivity contribution in [3.63, 3.8) is 0 Å². The largest absolute Gasteiger partial charge is 0.350 e. The average Bonchev–Trinajstić information content (AvgIpc) is 2.70. The lowest BCUT2D eigenvalue weighted by atomic mass is 10.1. The summed E-state index contributed by atoms with van der Waals surface area (Å²) < 4.78 is 28.0. The van der Waals surface area contributed by atoms with Crippen molar-refractivity contribution in [3.05, 3.63) is 89.2 Å². The van der Waals surface area contributed by atoms with Gasteiger partial charge in [0.15, 0.2) is 0 Å². The first kappa shape index (κ1) is 21.5. The van der Waals surface area contributed by atoms with Gasteiger partial charge in [-0.15, -0.1) is 0 Å². The molecule has 3 rings (SSSR count). The second-order valence-electron chi connectivity index (χ2n) is 7.31. The summed E-state index contributed by atoms with van der Waals surface area (Å²) in [6.07, 6.45) is 3.31. The number of sulfonamides is 1. The van der Waals surface area contributed by atoms with E-state index in [2.05, 4.69) is 10.3 Å². The van der Waals surface area contributed by atoms with Gasteiger partial charge in [0.2, 0.25) is 5.91 Å². The van der Waals surface area contributed by atoms with Crippen LogP contribution in [-0.2, 0) is 21.4 Å². The number of aromatic nitrogens is 1. The summed E-state index contributed by atoms with van der Waals surface area (Å²) in [6.45, 7) is 5.65. The second-order valence-corrected chi connectivity index (χ2v) is 9.17. The summed E-state index contributed by atoms with van der Waals surface area (Å²) in [5.41, 5.74) is 4.10. The van der Waals surface area contributed by atoms with Gasteiger partial charge >= 0.3 is 0 Å². The van der Waals surface area contributed by atoms with Crippen LogP contribution in [-0.4, -0.2) is 25.9 Å². The molecule has 0 saturated carbocycles. The number of rotatable bonds is 7. The highest BCUT2D eigenvalue weighted by atomic mass is 32.2. The lowest BCUT2D eigenvalue weighted by molar-refractivity contribution is -0.119. The van der Waals surface area contributed by atoms with Crippen LogP contribution >= 0.6 is 0 Å². The van der Waals surface area contributed by atoms with Crippen molar-refractivity contribution in [2.75, 3.05) is 10.8 Å². The zero-order valence-electron chi connectivity index (χ0n) is 17.3. The molecule has 3 aromatic rings. The van der Waals surface area contributed by atoms with Gasteiger partial charge in [0, 0.05) is 18.9 Å². The summed E-state index contributed by atoms with van der Waals surface area (Å²) in [6, 6.07) is 15.7. The van der Waals surface area contributed by atoms with Crippen LogP contribution in [0.4, 0.5) is 5.69 Å². The third kappa shape index (κ3) is 5.24. The molecule has 0 saturated heterocycles. The van der Waals surface area contributed by atoms with Crippen molar-refractivity contribution in [2.24, 2.45) is 0 Å². The van der Waals surface area contributed by atoms with Gasteiger partial charge in [-0.1, -0.05) is 29.8 Å². The van der Waals surface area contributed by atoms with E-state index in [4.69, 9.17) is 0 Å². The molecule has 0 spiro atoms. The molecule has 1 aromatic heterocycles. The molecule has 0 aliphatic carbocycles. The van der Waals surface area contributed by atoms with Crippen molar-refractivity contribution < 1.29 is 13.2 Å². The zero-order valence-corrected chi connectivity index (χ0v) is 18.1. The Bertz CT molecular complexity index is 1110. The van der Waals surface area contributed by atoms with Gasteiger partial charge < -0.3 is 5.32 Å². The van der Waals surface area contributed by atoms with E-state index in [9.17, 15) is 13.2 Å². The van der Waals surface area contributed by atoms with E-state index >= 15 is 0 Å². The quantitative estimate of drug-likeness (QED) is 0.631. The van der Waals surface area contributed by atoms with Crippen molar-refractivity contribution in [1.29, 1.82) is 0 Å². The minimum atomic E-state index is -3.92. The molecule has 2 aromatic carbocycles. The van der Waals surface area contributed by atoms with E-state index in [0.29, 0.717) is 5.69 Å². The fraction of sp³-hybridized carbons (Fsp3) is 0.217. The molecule has 1 amide bonds. The van der Waals surface area contributed by atoms with Crippen molar-refractivity contribution in [2.45, 2.75) is 32.2 Å². The molecule has 7 heteroatoms. The van der Waals surface area contributed by atoms with Gasteiger partial charge in [0.25, 0.3) is 10.0 Å². The molecule has 0 radical (unpaired) electrons. The van der Waals surface area contributed by atoms with E-state index in [1.54, 1.807) is 54.9 Å². The Morgan fingerprint density at radius 3 is 2.23 bits per heavy atom. The highest BCUT2D eigenvalue weighted by Gasteiger charge is 2.27. The molecule has 1 N–H and O–H groups in total. The summed E-state index contributed by atoms with van der Waals surface area (Å²) >= 11 is 0. The van der Waals surface area contributed by atoms with E-state index in [1.165, 1.54) is 0 Å². The Labute approximate surface area is 177 Å². The van der Waals surface area contributed by atoms with Crippen LogP contribution in [0.3, 0.4) is 0 Å². The van der Waals surface area contributed by atoms with E-state index in [0.717, 1.165) is 26.6 Å². The van der Waals surface area contributed by atoms with Gasteiger partial charge in [-0.2, -0.15) is 0 Å². The van der Waals surface area contributed by atoms with Crippen LogP contribution in [0.15, 0.2) is 71.9 Å². The summed E-state index contributed by atoms with van der Waals surface area (Å²) in [5.74, 6) is -0.395. The number of amides is 1. The monoisotopic (exact) mass is 423 g/mol. The second kappa shape index (κ2) is 9.09. The zero-order chi connectivity index (χ0) is 21.7. The third-order valence-electron chi connectivity index (χ3n) is 4.60. The minimum absolute atomic E-state index is 0.146. The molecule has 156 valence electrons. The Kier molecular flexibility index (Phi) is 6.52. The number of nitrogens with zero attached hydrogens (tertiary/aromatic N) is 2. The maximum Gasteiger partial charge on any atom is 0.264 e. The lowest BCUT2D eigenvalue weighted by Crippen LogP contribution is -2.40. The topological polar surface area (TPSA) is 79.4 Å². The smallest absolute Gasteiger partial charge is 0.264 e. The number of nitrogens with one attached hydrogen (secondary N) is 1. The average molecular weight is 424 g/mol. The fourth-order valence-electron chi connectivity index (χ4n) is 3.14. The summed E-state index contributed by atoms with van der Waals surface area (Å²) in [4.78, 5) is 16.8. The van der Waals surface area contributed by atoms with Crippen molar-refractivity contribution in [3.8, 4) is 0 Å². The number of benzene rings is 2. The highest BCUT2D eigenvalue weighted by Crippen LogP contribution is 2.26. The summed E-state index contributed by atoms with van der Waals surface area (Å²) in [5, 5.41) is 2.78. The van der Waals surface area contributed by atoms with Crippen LogP contribution in [0.2, 0.25) is 0 Å². The SMILES string of the molecule is Cc1ccc(S(=O)(=O)N(CC(=O)NCc2cccnc2)c2cc(C)cc(C)c2)cc1.